The number of hydrogen-bond acceptors (Lipinski definition) is 5. The van der Waals surface area contributed by atoms with E-state index in [0.29, 0.717) is 6.54 Å². The molecule has 1 aromatic heterocycles. The van der Waals surface area contributed by atoms with E-state index < -0.39 is 4.92 Å². The SMILES string of the molecule is CCCNC(=O)CNc1cc([N+](=O)[O-])cc(Cl)n1. The zero-order chi connectivity index (χ0) is 13.5. The van der Waals surface area contributed by atoms with Crippen LogP contribution in [-0.2, 0) is 4.79 Å². The lowest BCUT2D eigenvalue weighted by molar-refractivity contribution is -0.384. The summed E-state index contributed by atoms with van der Waals surface area (Å²) in [5, 5.41) is 15.9. The van der Waals surface area contributed by atoms with Crippen molar-refractivity contribution < 1.29 is 9.72 Å². The molecule has 0 aliphatic rings. The Kier molecular flexibility index (Phi) is 5.31. The zero-order valence-corrected chi connectivity index (χ0v) is 10.5. The zero-order valence-electron chi connectivity index (χ0n) is 9.77. The molecule has 0 unspecified atom stereocenters. The molecule has 0 spiro atoms. The van der Waals surface area contributed by atoms with Gasteiger partial charge in [-0.2, -0.15) is 0 Å². The monoisotopic (exact) mass is 272 g/mol. The maximum Gasteiger partial charge on any atom is 0.276 e. The molecule has 0 radical (unpaired) electrons. The van der Waals surface area contributed by atoms with E-state index in [9.17, 15) is 14.9 Å². The van der Waals surface area contributed by atoms with E-state index in [4.69, 9.17) is 11.6 Å². The Bertz CT molecular complexity index is 453. The van der Waals surface area contributed by atoms with E-state index in [1.54, 1.807) is 0 Å². The third-order valence-corrected chi connectivity index (χ3v) is 2.19. The van der Waals surface area contributed by atoms with Crippen LogP contribution in [0.15, 0.2) is 12.1 Å². The van der Waals surface area contributed by atoms with Crippen molar-refractivity contribution in [3.63, 3.8) is 0 Å². The summed E-state index contributed by atoms with van der Waals surface area (Å²) >= 11 is 5.64. The van der Waals surface area contributed by atoms with E-state index in [0.717, 1.165) is 12.5 Å². The number of nitro groups is 1. The second kappa shape index (κ2) is 6.75. The Labute approximate surface area is 109 Å². The molecule has 0 aliphatic carbocycles. The van der Waals surface area contributed by atoms with Crippen molar-refractivity contribution in [3.05, 3.63) is 27.4 Å². The van der Waals surface area contributed by atoms with Crippen LogP contribution in [0.1, 0.15) is 13.3 Å². The van der Waals surface area contributed by atoms with Crippen molar-refractivity contribution >= 4 is 29.0 Å². The minimum atomic E-state index is -0.574. The number of amides is 1. The average Bonchev–Trinajstić information content (AvgIpc) is 2.33. The van der Waals surface area contributed by atoms with Gasteiger partial charge in [0.25, 0.3) is 5.69 Å². The fraction of sp³-hybridized carbons (Fsp3) is 0.400. The lowest BCUT2D eigenvalue weighted by Crippen LogP contribution is -2.30. The molecule has 8 heteroatoms. The summed E-state index contributed by atoms with van der Waals surface area (Å²) in [4.78, 5) is 25.2. The molecule has 0 fully saturated rings. The molecule has 0 aromatic carbocycles. The van der Waals surface area contributed by atoms with Gasteiger partial charge in [-0.05, 0) is 6.42 Å². The molecule has 0 aliphatic heterocycles. The fourth-order valence-electron chi connectivity index (χ4n) is 1.18. The number of aromatic nitrogens is 1. The number of anilines is 1. The highest BCUT2D eigenvalue weighted by atomic mass is 35.5. The highest BCUT2D eigenvalue weighted by molar-refractivity contribution is 6.29. The summed E-state index contributed by atoms with van der Waals surface area (Å²) < 4.78 is 0. The van der Waals surface area contributed by atoms with Gasteiger partial charge in [-0.1, -0.05) is 18.5 Å². The second-order valence-electron chi connectivity index (χ2n) is 3.49. The van der Waals surface area contributed by atoms with Crippen LogP contribution in [-0.4, -0.2) is 28.9 Å². The van der Waals surface area contributed by atoms with Crippen LogP contribution in [0.2, 0.25) is 5.15 Å². The molecule has 0 atom stereocenters. The average molecular weight is 273 g/mol. The van der Waals surface area contributed by atoms with Gasteiger partial charge in [-0.3, -0.25) is 14.9 Å². The predicted octanol–water partition coefficient (Wildman–Crippen LogP) is 1.58. The highest BCUT2D eigenvalue weighted by Crippen LogP contribution is 2.20. The first-order valence-electron chi connectivity index (χ1n) is 5.35. The van der Waals surface area contributed by atoms with Gasteiger partial charge in [-0.25, -0.2) is 4.98 Å². The summed E-state index contributed by atoms with van der Waals surface area (Å²) in [5.41, 5.74) is -0.175. The van der Waals surface area contributed by atoms with Crippen LogP contribution in [0.4, 0.5) is 11.5 Å². The quantitative estimate of drug-likeness (QED) is 0.465. The van der Waals surface area contributed by atoms with Crippen molar-refractivity contribution in [3.8, 4) is 0 Å². The van der Waals surface area contributed by atoms with Crippen LogP contribution >= 0.6 is 11.6 Å². The lowest BCUT2D eigenvalue weighted by Gasteiger charge is -2.06. The van der Waals surface area contributed by atoms with Crippen LogP contribution in [0.25, 0.3) is 0 Å². The fourth-order valence-corrected chi connectivity index (χ4v) is 1.38. The van der Waals surface area contributed by atoms with E-state index in [2.05, 4.69) is 15.6 Å². The second-order valence-corrected chi connectivity index (χ2v) is 3.88. The van der Waals surface area contributed by atoms with Gasteiger partial charge < -0.3 is 10.6 Å². The molecule has 7 nitrogen and oxygen atoms in total. The third-order valence-electron chi connectivity index (χ3n) is 1.99. The minimum Gasteiger partial charge on any atom is -0.361 e. The van der Waals surface area contributed by atoms with Gasteiger partial charge in [0.05, 0.1) is 23.6 Å². The number of pyridine rings is 1. The number of nitrogens with zero attached hydrogens (tertiary/aromatic N) is 2. The predicted molar refractivity (Wildman–Crippen MR) is 67.7 cm³/mol. The van der Waals surface area contributed by atoms with E-state index >= 15 is 0 Å². The van der Waals surface area contributed by atoms with Gasteiger partial charge in [0, 0.05) is 6.54 Å². The van der Waals surface area contributed by atoms with Crippen molar-refractivity contribution in [1.82, 2.24) is 10.3 Å². The van der Waals surface area contributed by atoms with Gasteiger partial charge in [-0.15, -0.1) is 0 Å². The largest absolute Gasteiger partial charge is 0.361 e. The Hall–Kier alpha value is -1.89. The van der Waals surface area contributed by atoms with E-state index in [1.165, 1.54) is 6.07 Å². The third kappa shape index (κ3) is 4.54. The first-order valence-corrected chi connectivity index (χ1v) is 5.73. The molecule has 0 saturated heterocycles. The van der Waals surface area contributed by atoms with Gasteiger partial charge in [0.15, 0.2) is 0 Å². The Morgan fingerprint density at radius 3 is 2.89 bits per heavy atom. The lowest BCUT2D eigenvalue weighted by atomic mass is 10.4. The molecule has 0 saturated carbocycles. The van der Waals surface area contributed by atoms with Crippen molar-refractivity contribution in [2.24, 2.45) is 0 Å². The molecule has 98 valence electrons. The van der Waals surface area contributed by atoms with Crippen molar-refractivity contribution in [1.29, 1.82) is 0 Å². The minimum absolute atomic E-state index is 0.000617. The maximum atomic E-state index is 11.3. The van der Waals surface area contributed by atoms with Crippen molar-refractivity contribution in [2.45, 2.75) is 13.3 Å². The molecular formula is C10H13ClN4O3. The molecule has 2 N–H and O–H groups in total. The van der Waals surface area contributed by atoms with Gasteiger partial charge in [0.1, 0.15) is 11.0 Å². The van der Waals surface area contributed by atoms with Crippen molar-refractivity contribution in [2.75, 3.05) is 18.4 Å². The Morgan fingerprint density at radius 2 is 2.28 bits per heavy atom. The molecule has 18 heavy (non-hydrogen) atoms. The summed E-state index contributed by atoms with van der Waals surface area (Å²) in [6, 6.07) is 2.36. The standard InChI is InChI=1S/C10H13ClN4O3/c1-2-3-12-10(16)6-13-9-5-7(15(17)18)4-8(11)14-9/h4-5H,2-3,6H2,1H3,(H,12,16)(H,13,14). The van der Waals surface area contributed by atoms with Gasteiger partial charge in [0.2, 0.25) is 5.91 Å². The summed E-state index contributed by atoms with van der Waals surface area (Å²) in [6.07, 6.45) is 0.840. The van der Waals surface area contributed by atoms with Crippen LogP contribution in [0, 0.1) is 10.1 Å². The topological polar surface area (TPSA) is 97.2 Å². The molecule has 1 rings (SSSR count). The smallest absolute Gasteiger partial charge is 0.276 e. The Balaban J connectivity index is 2.62. The molecule has 1 aromatic rings. The van der Waals surface area contributed by atoms with Crippen LogP contribution < -0.4 is 10.6 Å². The number of carbonyl (C=O) groups excluding carboxylic acids is 1. The highest BCUT2D eigenvalue weighted by Gasteiger charge is 2.10. The first kappa shape index (κ1) is 14.2. The summed E-state index contributed by atoms with van der Waals surface area (Å²) in [5.74, 6) is -0.0119. The number of halogens is 1. The number of nitrogens with one attached hydrogen (secondary N) is 2. The number of hydrogen-bond donors (Lipinski definition) is 2. The number of rotatable bonds is 6. The number of carbonyl (C=O) groups is 1. The first-order chi connectivity index (χ1) is 8.52. The maximum absolute atomic E-state index is 11.3. The summed E-state index contributed by atoms with van der Waals surface area (Å²) in [7, 11) is 0. The molecule has 0 bridgehead atoms. The van der Waals surface area contributed by atoms with E-state index in [-0.39, 0.29) is 29.1 Å². The van der Waals surface area contributed by atoms with Crippen LogP contribution in [0.3, 0.4) is 0 Å². The van der Waals surface area contributed by atoms with E-state index in [1.807, 2.05) is 6.92 Å². The normalized spacial score (nSPS) is 9.89. The van der Waals surface area contributed by atoms with Gasteiger partial charge >= 0.3 is 0 Å². The summed E-state index contributed by atoms with van der Waals surface area (Å²) in [6.45, 7) is 2.52. The molecule has 1 heterocycles. The Morgan fingerprint density at radius 1 is 1.56 bits per heavy atom. The molecule has 1 amide bonds. The van der Waals surface area contributed by atoms with Crippen LogP contribution in [0.5, 0.6) is 0 Å². The molecular weight excluding hydrogens is 260 g/mol.